The topological polar surface area (TPSA) is 78.5 Å². The van der Waals surface area contributed by atoms with Gasteiger partial charge in [0, 0.05) is 26.3 Å². The van der Waals surface area contributed by atoms with Gasteiger partial charge in [-0.3, -0.25) is 0 Å². The summed E-state index contributed by atoms with van der Waals surface area (Å²) in [7, 11) is -0.363. The zero-order chi connectivity index (χ0) is 15.3. The third-order valence-corrected chi connectivity index (χ3v) is 4.75. The van der Waals surface area contributed by atoms with Gasteiger partial charge < -0.3 is 10.6 Å². The van der Waals surface area contributed by atoms with Crippen molar-refractivity contribution in [2.24, 2.45) is 0 Å². The number of urea groups is 1. The molecule has 2 N–H and O–H groups in total. The van der Waals surface area contributed by atoms with Gasteiger partial charge in [-0.2, -0.15) is 0 Å². The van der Waals surface area contributed by atoms with E-state index in [1.165, 1.54) is 14.1 Å². The fourth-order valence-electron chi connectivity index (χ4n) is 1.65. The monoisotopic (exact) mass is 299 g/mol. The lowest BCUT2D eigenvalue weighted by Gasteiger charge is -2.14. The van der Waals surface area contributed by atoms with Gasteiger partial charge >= 0.3 is 6.03 Å². The molecule has 1 aromatic carbocycles. The van der Waals surface area contributed by atoms with E-state index in [4.69, 9.17) is 0 Å². The molecule has 7 heteroatoms. The van der Waals surface area contributed by atoms with E-state index < -0.39 is 16.1 Å². The molecule has 0 saturated heterocycles. The van der Waals surface area contributed by atoms with Crippen LogP contribution in [-0.4, -0.2) is 45.1 Å². The third kappa shape index (κ3) is 4.50. The maximum absolute atomic E-state index is 11.7. The normalized spacial score (nSPS) is 11.4. The number of amides is 2. The molecule has 0 atom stereocenters. The highest BCUT2D eigenvalue weighted by Gasteiger charge is 2.14. The Morgan fingerprint density at radius 3 is 2.25 bits per heavy atom. The summed E-state index contributed by atoms with van der Waals surface area (Å²) in [6, 6.07) is 5.31. The molecule has 0 unspecified atom stereocenters. The second kappa shape index (κ2) is 6.71. The fourth-order valence-corrected chi connectivity index (χ4v) is 2.37. The molecule has 0 bridgehead atoms. The summed E-state index contributed by atoms with van der Waals surface area (Å²) < 4.78 is 24.2. The smallest absolute Gasteiger partial charge is 0.319 e. The zero-order valence-electron chi connectivity index (χ0n) is 12.2. The first-order valence-electron chi connectivity index (χ1n) is 6.25. The summed E-state index contributed by atoms with van der Waals surface area (Å²) in [5.41, 5.74) is 2.67. The Morgan fingerprint density at radius 2 is 1.75 bits per heavy atom. The molecule has 1 rings (SSSR count). The van der Waals surface area contributed by atoms with Crippen molar-refractivity contribution in [3.63, 3.8) is 0 Å². The van der Waals surface area contributed by atoms with Crippen molar-refractivity contribution in [2.75, 3.05) is 31.7 Å². The summed E-state index contributed by atoms with van der Waals surface area (Å²) in [5.74, 6) is -0.125. The van der Waals surface area contributed by atoms with Gasteiger partial charge in [0.25, 0.3) is 0 Å². The number of carbonyl (C=O) groups is 1. The Balaban J connectivity index is 2.54. The first-order valence-corrected chi connectivity index (χ1v) is 7.86. The lowest BCUT2D eigenvalue weighted by Crippen LogP contribution is -2.36. The number of benzene rings is 1. The van der Waals surface area contributed by atoms with Gasteiger partial charge in [-0.1, -0.05) is 18.2 Å². The van der Waals surface area contributed by atoms with Crippen LogP contribution in [0.2, 0.25) is 0 Å². The first kappa shape index (κ1) is 16.5. The summed E-state index contributed by atoms with van der Waals surface area (Å²) >= 11 is 0. The molecule has 0 heterocycles. The highest BCUT2D eigenvalue weighted by atomic mass is 32.2. The lowest BCUT2D eigenvalue weighted by molar-refractivity contribution is 0.252. The van der Waals surface area contributed by atoms with E-state index in [0.29, 0.717) is 0 Å². The molecule has 0 aliphatic carbocycles. The Labute approximate surface area is 120 Å². The summed E-state index contributed by atoms with van der Waals surface area (Å²) in [6.45, 7) is 3.87. The minimum absolute atomic E-state index is 0.0667. The molecule has 1 aromatic rings. The van der Waals surface area contributed by atoms with Crippen LogP contribution in [0.15, 0.2) is 18.2 Å². The Morgan fingerprint density at radius 1 is 1.20 bits per heavy atom. The fraction of sp³-hybridized carbons (Fsp3) is 0.462. The van der Waals surface area contributed by atoms with Crippen LogP contribution >= 0.6 is 0 Å². The Kier molecular flexibility index (Phi) is 5.52. The number of sulfonamides is 1. The predicted molar refractivity (Wildman–Crippen MR) is 80.4 cm³/mol. The van der Waals surface area contributed by atoms with Crippen molar-refractivity contribution in [3.05, 3.63) is 29.3 Å². The minimum atomic E-state index is -3.29. The van der Waals surface area contributed by atoms with Crippen molar-refractivity contribution in [1.29, 1.82) is 0 Å². The summed E-state index contributed by atoms with van der Waals surface area (Å²) in [6.07, 6.45) is 0. The van der Waals surface area contributed by atoms with Crippen LogP contribution in [0, 0.1) is 13.8 Å². The number of para-hydroxylation sites is 1. The molecule has 0 aliphatic rings. The largest absolute Gasteiger partial charge is 0.337 e. The number of aryl methyl sites for hydroxylation is 2. The number of hydrogen-bond acceptors (Lipinski definition) is 3. The van der Waals surface area contributed by atoms with Crippen molar-refractivity contribution in [3.8, 4) is 0 Å². The molecule has 20 heavy (non-hydrogen) atoms. The van der Waals surface area contributed by atoms with Crippen LogP contribution in [0.3, 0.4) is 0 Å². The highest BCUT2D eigenvalue weighted by Crippen LogP contribution is 2.18. The summed E-state index contributed by atoms with van der Waals surface area (Å²) in [5, 5.41) is 5.28. The molecule has 2 amide bonds. The average molecular weight is 299 g/mol. The minimum Gasteiger partial charge on any atom is -0.337 e. The SMILES string of the molecule is Cc1cccc(C)c1NC(=O)NCCS(=O)(=O)N(C)C. The maximum Gasteiger partial charge on any atom is 0.319 e. The van der Waals surface area contributed by atoms with Gasteiger partial charge in [0.1, 0.15) is 0 Å². The van der Waals surface area contributed by atoms with E-state index in [0.717, 1.165) is 21.1 Å². The molecule has 6 nitrogen and oxygen atoms in total. The van der Waals surface area contributed by atoms with Crippen molar-refractivity contribution in [1.82, 2.24) is 9.62 Å². The highest BCUT2D eigenvalue weighted by molar-refractivity contribution is 7.89. The lowest BCUT2D eigenvalue weighted by atomic mass is 10.1. The average Bonchev–Trinajstić information content (AvgIpc) is 2.33. The number of anilines is 1. The van der Waals surface area contributed by atoms with Gasteiger partial charge in [0.2, 0.25) is 10.0 Å². The summed E-state index contributed by atoms with van der Waals surface area (Å²) in [4.78, 5) is 11.7. The molecule has 0 spiro atoms. The molecule has 0 saturated carbocycles. The van der Waals surface area contributed by atoms with Crippen LogP contribution in [0.1, 0.15) is 11.1 Å². The molecular weight excluding hydrogens is 278 g/mol. The molecule has 112 valence electrons. The van der Waals surface area contributed by atoms with E-state index in [-0.39, 0.29) is 12.3 Å². The number of nitrogens with zero attached hydrogens (tertiary/aromatic N) is 1. The van der Waals surface area contributed by atoms with Crippen molar-refractivity contribution < 1.29 is 13.2 Å². The van der Waals surface area contributed by atoms with Gasteiger partial charge in [0.05, 0.1) is 5.75 Å². The van der Waals surface area contributed by atoms with Crippen LogP contribution in [0.5, 0.6) is 0 Å². The van der Waals surface area contributed by atoms with E-state index in [1.54, 1.807) is 0 Å². The molecular formula is C13H21N3O3S. The predicted octanol–water partition coefficient (Wildman–Crippen LogP) is 1.32. The van der Waals surface area contributed by atoms with Gasteiger partial charge in [-0.15, -0.1) is 0 Å². The van der Waals surface area contributed by atoms with Crippen LogP contribution in [0.25, 0.3) is 0 Å². The third-order valence-electron chi connectivity index (χ3n) is 2.92. The van der Waals surface area contributed by atoms with E-state index in [2.05, 4.69) is 10.6 Å². The quantitative estimate of drug-likeness (QED) is 0.860. The van der Waals surface area contributed by atoms with E-state index in [9.17, 15) is 13.2 Å². The number of hydrogen-bond donors (Lipinski definition) is 2. The van der Waals surface area contributed by atoms with Crippen molar-refractivity contribution >= 4 is 21.7 Å². The number of nitrogens with one attached hydrogen (secondary N) is 2. The maximum atomic E-state index is 11.7. The van der Waals surface area contributed by atoms with E-state index in [1.807, 2.05) is 32.0 Å². The van der Waals surface area contributed by atoms with E-state index >= 15 is 0 Å². The van der Waals surface area contributed by atoms with Crippen molar-refractivity contribution in [2.45, 2.75) is 13.8 Å². The molecule has 0 radical (unpaired) electrons. The van der Waals surface area contributed by atoms with Gasteiger partial charge in [-0.25, -0.2) is 17.5 Å². The van der Waals surface area contributed by atoms with Crippen LogP contribution < -0.4 is 10.6 Å². The zero-order valence-corrected chi connectivity index (χ0v) is 13.0. The molecule has 0 fully saturated rings. The Hall–Kier alpha value is -1.60. The van der Waals surface area contributed by atoms with Gasteiger partial charge in [-0.05, 0) is 25.0 Å². The van der Waals surface area contributed by atoms with Crippen LogP contribution in [-0.2, 0) is 10.0 Å². The van der Waals surface area contributed by atoms with Gasteiger partial charge in [0.15, 0.2) is 0 Å². The number of carbonyl (C=O) groups excluding carboxylic acids is 1. The number of rotatable bonds is 5. The second-order valence-electron chi connectivity index (χ2n) is 4.75. The second-order valence-corrected chi connectivity index (χ2v) is 7.05. The molecule has 0 aromatic heterocycles. The molecule has 0 aliphatic heterocycles. The first-order chi connectivity index (χ1) is 9.24. The standard InChI is InChI=1S/C13H21N3O3S/c1-10-6-5-7-11(2)12(10)15-13(17)14-8-9-20(18,19)16(3)4/h5-7H,8-9H2,1-4H3,(H2,14,15,17). The Bertz CT molecular complexity index is 562. The van der Waals surface area contributed by atoms with Crippen LogP contribution in [0.4, 0.5) is 10.5 Å².